The first-order chi connectivity index (χ1) is 8.72. The average Bonchev–Trinajstić information content (AvgIpc) is 2.64. The molecule has 0 aliphatic heterocycles. The Hall–Kier alpha value is -1.68. The van der Waals surface area contributed by atoms with Crippen LogP contribution in [0.2, 0.25) is 0 Å². The van der Waals surface area contributed by atoms with E-state index < -0.39 is 0 Å². The third kappa shape index (κ3) is 2.76. The van der Waals surface area contributed by atoms with E-state index in [1.807, 2.05) is 29.1 Å². The van der Waals surface area contributed by atoms with Crippen LogP contribution in [0, 0.1) is 13.8 Å². The summed E-state index contributed by atoms with van der Waals surface area (Å²) in [5.74, 6) is 0. The van der Waals surface area contributed by atoms with Gasteiger partial charge in [0.2, 0.25) is 0 Å². The Morgan fingerprint density at radius 2 is 2.11 bits per heavy atom. The molecule has 96 valence electrons. The van der Waals surface area contributed by atoms with Crippen LogP contribution < -0.4 is 5.32 Å². The van der Waals surface area contributed by atoms with Crippen molar-refractivity contribution >= 4 is 0 Å². The smallest absolute Gasteiger partial charge is 0.0834 e. The summed E-state index contributed by atoms with van der Waals surface area (Å²) in [5, 5.41) is 7.95. The topological polar surface area (TPSA) is 42.7 Å². The molecule has 0 aliphatic rings. The molecule has 0 aromatic carbocycles. The number of aryl methyl sites for hydroxylation is 1. The lowest BCUT2D eigenvalue weighted by Crippen LogP contribution is -2.13. The second-order valence-corrected chi connectivity index (χ2v) is 4.41. The predicted octanol–water partition coefficient (Wildman–Crippen LogP) is 2.05. The minimum atomic E-state index is 0.736. The fourth-order valence-electron chi connectivity index (χ4n) is 2.04. The van der Waals surface area contributed by atoms with Gasteiger partial charge in [-0.3, -0.25) is 9.67 Å². The summed E-state index contributed by atoms with van der Waals surface area (Å²) in [6.07, 6.45) is 1.82. The average molecular weight is 244 g/mol. The molecule has 4 nitrogen and oxygen atoms in total. The van der Waals surface area contributed by atoms with Crippen molar-refractivity contribution in [3.8, 4) is 0 Å². The maximum atomic E-state index is 4.60. The van der Waals surface area contributed by atoms with E-state index in [4.69, 9.17) is 0 Å². The van der Waals surface area contributed by atoms with E-state index in [2.05, 4.69) is 36.2 Å². The van der Waals surface area contributed by atoms with Gasteiger partial charge in [-0.15, -0.1) is 0 Å². The summed E-state index contributed by atoms with van der Waals surface area (Å²) in [5.41, 5.74) is 4.66. The highest BCUT2D eigenvalue weighted by molar-refractivity contribution is 5.25. The number of hydrogen-bond donors (Lipinski definition) is 1. The largest absolute Gasteiger partial charge is 0.313 e. The molecule has 2 heterocycles. The SMILES string of the molecule is CCNCc1c(C)nn(Cc2ccccn2)c1C. The van der Waals surface area contributed by atoms with Crippen LogP contribution in [0.5, 0.6) is 0 Å². The van der Waals surface area contributed by atoms with Crippen LogP contribution in [0.3, 0.4) is 0 Å². The minimum absolute atomic E-state index is 0.736. The number of pyridine rings is 1. The zero-order chi connectivity index (χ0) is 13.0. The van der Waals surface area contributed by atoms with Crippen LogP contribution in [-0.2, 0) is 13.1 Å². The van der Waals surface area contributed by atoms with E-state index in [9.17, 15) is 0 Å². The third-order valence-corrected chi connectivity index (χ3v) is 3.12. The molecule has 0 amide bonds. The van der Waals surface area contributed by atoms with Crippen LogP contribution in [0.1, 0.15) is 29.6 Å². The molecule has 2 rings (SSSR count). The van der Waals surface area contributed by atoms with Crippen molar-refractivity contribution in [3.63, 3.8) is 0 Å². The number of nitrogens with zero attached hydrogens (tertiary/aromatic N) is 3. The molecule has 0 atom stereocenters. The van der Waals surface area contributed by atoms with E-state index in [1.165, 1.54) is 11.3 Å². The van der Waals surface area contributed by atoms with Crippen LogP contribution in [0.4, 0.5) is 0 Å². The Kier molecular flexibility index (Phi) is 4.10. The molecular weight excluding hydrogens is 224 g/mol. The Morgan fingerprint density at radius 1 is 1.28 bits per heavy atom. The molecule has 0 fully saturated rings. The lowest BCUT2D eigenvalue weighted by molar-refractivity contribution is 0.644. The highest BCUT2D eigenvalue weighted by Crippen LogP contribution is 2.13. The minimum Gasteiger partial charge on any atom is -0.313 e. The van der Waals surface area contributed by atoms with Crippen LogP contribution in [0.25, 0.3) is 0 Å². The number of rotatable bonds is 5. The Balaban J connectivity index is 2.19. The summed E-state index contributed by atoms with van der Waals surface area (Å²) in [7, 11) is 0. The van der Waals surface area contributed by atoms with Crippen molar-refractivity contribution in [2.24, 2.45) is 0 Å². The van der Waals surface area contributed by atoms with Crippen LogP contribution in [0.15, 0.2) is 24.4 Å². The fraction of sp³-hybridized carbons (Fsp3) is 0.429. The zero-order valence-corrected chi connectivity index (χ0v) is 11.3. The first kappa shape index (κ1) is 12.8. The van der Waals surface area contributed by atoms with Crippen molar-refractivity contribution in [1.82, 2.24) is 20.1 Å². The molecule has 0 saturated carbocycles. The molecule has 0 radical (unpaired) electrons. The number of hydrogen-bond acceptors (Lipinski definition) is 3. The van der Waals surface area contributed by atoms with Gasteiger partial charge in [-0.05, 0) is 32.5 Å². The first-order valence-corrected chi connectivity index (χ1v) is 6.36. The quantitative estimate of drug-likeness (QED) is 0.875. The van der Waals surface area contributed by atoms with Crippen molar-refractivity contribution in [1.29, 1.82) is 0 Å². The van der Waals surface area contributed by atoms with E-state index >= 15 is 0 Å². The standard InChI is InChI=1S/C14H20N4/c1-4-15-9-14-11(2)17-18(12(14)3)10-13-7-5-6-8-16-13/h5-8,15H,4,9-10H2,1-3H3. The van der Waals surface area contributed by atoms with E-state index in [-0.39, 0.29) is 0 Å². The summed E-state index contributed by atoms with van der Waals surface area (Å²) in [6, 6.07) is 5.97. The monoisotopic (exact) mass is 244 g/mol. The van der Waals surface area contributed by atoms with E-state index in [0.717, 1.165) is 31.0 Å². The Bertz CT molecular complexity index is 502. The number of nitrogens with one attached hydrogen (secondary N) is 1. The zero-order valence-electron chi connectivity index (χ0n) is 11.3. The lowest BCUT2D eigenvalue weighted by atomic mass is 10.2. The highest BCUT2D eigenvalue weighted by atomic mass is 15.3. The van der Waals surface area contributed by atoms with Crippen LogP contribution >= 0.6 is 0 Å². The van der Waals surface area contributed by atoms with Crippen molar-refractivity contribution < 1.29 is 0 Å². The molecule has 1 N–H and O–H groups in total. The number of aromatic nitrogens is 3. The molecular formula is C14H20N4. The molecule has 0 spiro atoms. The van der Waals surface area contributed by atoms with E-state index in [0.29, 0.717) is 0 Å². The van der Waals surface area contributed by atoms with Gasteiger partial charge in [0.05, 0.1) is 17.9 Å². The molecule has 0 aliphatic carbocycles. The molecule has 0 unspecified atom stereocenters. The Morgan fingerprint density at radius 3 is 2.78 bits per heavy atom. The highest BCUT2D eigenvalue weighted by Gasteiger charge is 2.11. The van der Waals surface area contributed by atoms with Gasteiger partial charge >= 0.3 is 0 Å². The van der Waals surface area contributed by atoms with Gasteiger partial charge in [-0.25, -0.2) is 0 Å². The molecule has 2 aromatic rings. The fourth-order valence-corrected chi connectivity index (χ4v) is 2.04. The van der Waals surface area contributed by atoms with Crippen molar-refractivity contribution in [3.05, 3.63) is 47.0 Å². The maximum Gasteiger partial charge on any atom is 0.0834 e. The third-order valence-electron chi connectivity index (χ3n) is 3.12. The molecule has 18 heavy (non-hydrogen) atoms. The second-order valence-electron chi connectivity index (χ2n) is 4.41. The normalized spacial score (nSPS) is 10.8. The van der Waals surface area contributed by atoms with E-state index in [1.54, 1.807) is 0 Å². The van der Waals surface area contributed by atoms with Crippen molar-refractivity contribution in [2.45, 2.75) is 33.9 Å². The lowest BCUT2D eigenvalue weighted by Gasteiger charge is -2.05. The summed E-state index contributed by atoms with van der Waals surface area (Å²) in [6.45, 7) is 8.90. The Labute approximate surface area is 108 Å². The summed E-state index contributed by atoms with van der Waals surface area (Å²) >= 11 is 0. The second kappa shape index (κ2) is 5.78. The molecule has 0 bridgehead atoms. The molecule has 4 heteroatoms. The summed E-state index contributed by atoms with van der Waals surface area (Å²) < 4.78 is 2.03. The summed E-state index contributed by atoms with van der Waals surface area (Å²) in [4.78, 5) is 4.34. The van der Waals surface area contributed by atoms with Crippen LogP contribution in [-0.4, -0.2) is 21.3 Å². The molecule has 0 saturated heterocycles. The first-order valence-electron chi connectivity index (χ1n) is 6.36. The van der Waals surface area contributed by atoms with Gasteiger partial charge in [0.25, 0.3) is 0 Å². The van der Waals surface area contributed by atoms with Gasteiger partial charge < -0.3 is 5.32 Å². The van der Waals surface area contributed by atoms with Gasteiger partial charge in [0.1, 0.15) is 0 Å². The predicted molar refractivity (Wildman–Crippen MR) is 72.4 cm³/mol. The molecule has 2 aromatic heterocycles. The van der Waals surface area contributed by atoms with Gasteiger partial charge in [0, 0.05) is 24.0 Å². The maximum absolute atomic E-state index is 4.60. The van der Waals surface area contributed by atoms with Gasteiger partial charge in [-0.2, -0.15) is 5.10 Å². The van der Waals surface area contributed by atoms with Crippen molar-refractivity contribution in [2.75, 3.05) is 6.54 Å². The van der Waals surface area contributed by atoms with Gasteiger partial charge in [0.15, 0.2) is 0 Å². The van der Waals surface area contributed by atoms with Gasteiger partial charge in [-0.1, -0.05) is 13.0 Å².